The van der Waals surface area contributed by atoms with Gasteiger partial charge in [0.1, 0.15) is 11.4 Å². The molecule has 5 nitrogen and oxygen atoms in total. The molecular formula is C16H19NO4. The summed E-state index contributed by atoms with van der Waals surface area (Å²) in [6.07, 6.45) is 1.78. The number of fused-ring (bicyclic) bond motifs is 1. The lowest BCUT2D eigenvalue weighted by Gasteiger charge is -2.17. The molecule has 0 bridgehead atoms. The van der Waals surface area contributed by atoms with Crippen LogP contribution in [0.15, 0.2) is 23.0 Å². The van der Waals surface area contributed by atoms with Crippen LogP contribution in [0.2, 0.25) is 0 Å². The van der Waals surface area contributed by atoms with E-state index < -0.39 is 5.97 Å². The number of carbonyl (C=O) groups is 1. The predicted octanol–water partition coefficient (Wildman–Crippen LogP) is 2.82. The number of hydrogen-bond donors (Lipinski definition) is 1. The van der Waals surface area contributed by atoms with Crippen molar-refractivity contribution in [2.24, 2.45) is 0 Å². The van der Waals surface area contributed by atoms with Gasteiger partial charge < -0.3 is 14.4 Å². The fraction of sp³-hybridized carbons (Fsp3) is 0.375. The Balaban J connectivity index is 2.88. The van der Waals surface area contributed by atoms with Gasteiger partial charge in [-0.1, -0.05) is 13.3 Å². The highest BCUT2D eigenvalue weighted by Gasteiger charge is 2.19. The van der Waals surface area contributed by atoms with Gasteiger partial charge in [-0.05, 0) is 25.5 Å². The number of aromatic nitrogens is 1. The highest BCUT2D eigenvalue weighted by atomic mass is 16.5. The van der Waals surface area contributed by atoms with Crippen molar-refractivity contribution in [2.45, 2.75) is 33.2 Å². The SMILES string of the molecule is CCCCn1c(C(=O)O)c(C)c(=O)c2ccc(OC)cc21. The van der Waals surface area contributed by atoms with E-state index in [-0.39, 0.29) is 16.7 Å². The normalized spacial score (nSPS) is 10.8. The van der Waals surface area contributed by atoms with E-state index in [1.54, 1.807) is 36.8 Å². The molecule has 0 radical (unpaired) electrons. The lowest BCUT2D eigenvalue weighted by Crippen LogP contribution is -2.22. The third-order valence-corrected chi connectivity index (χ3v) is 3.64. The van der Waals surface area contributed by atoms with Crippen molar-refractivity contribution >= 4 is 16.9 Å². The maximum absolute atomic E-state index is 12.4. The summed E-state index contributed by atoms with van der Waals surface area (Å²) < 4.78 is 6.90. The van der Waals surface area contributed by atoms with Gasteiger partial charge in [0.15, 0.2) is 5.43 Å². The molecule has 0 aliphatic rings. The van der Waals surface area contributed by atoms with Crippen molar-refractivity contribution in [1.29, 1.82) is 0 Å². The van der Waals surface area contributed by atoms with E-state index in [1.807, 2.05) is 6.92 Å². The second-order valence-electron chi connectivity index (χ2n) is 5.00. The summed E-state index contributed by atoms with van der Waals surface area (Å²) in [6.45, 7) is 4.17. The van der Waals surface area contributed by atoms with Crippen LogP contribution in [0, 0.1) is 6.92 Å². The number of ether oxygens (including phenoxy) is 1. The van der Waals surface area contributed by atoms with Gasteiger partial charge in [0.25, 0.3) is 0 Å². The summed E-state index contributed by atoms with van der Waals surface area (Å²) in [5, 5.41) is 9.99. The van der Waals surface area contributed by atoms with E-state index in [4.69, 9.17) is 4.74 Å². The number of unbranched alkanes of at least 4 members (excludes halogenated alkanes) is 1. The van der Waals surface area contributed by atoms with Crippen LogP contribution in [-0.4, -0.2) is 22.8 Å². The smallest absolute Gasteiger partial charge is 0.352 e. The molecule has 0 saturated heterocycles. The van der Waals surface area contributed by atoms with Crippen LogP contribution < -0.4 is 10.2 Å². The van der Waals surface area contributed by atoms with Gasteiger partial charge in [-0.2, -0.15) is 0 Å². The van der Waals surface area contributed by atoms with Crippen molar-refractivity contribution in [1.82, 2.24) is 4.57 Å². The second kappa shape index (κ2) is 5.99. The first-order valence-corrected chi connectivity index (χ1v) is 6.95. The molecule has 1 aromatic heterocycles. The van der Waals surface area contributed by atoms with Crippen molar-refractivity contribution in [2.75, 3.05) is 7.11 Å². The number of rotatable bonds is 5. The van der Waals surface area contributed by atoms with E-state index in [0.717, 1.165) is 12.8 Å². The molecule has 21 heavy (non-hydrogen) atoms. The van der Waals surface area contributed by atoms with Crippen molar-refractivity contribution in [3.8, 4) is 5.75 Å². The van der Waals surface area contributed by atoms with Gasteiger partial charge in [-0.25, -0.2) is 4.79 Å². The third-order valence-electron chi connectivity index (χ3n) is 3.64. The minimum Gasteiger partial charge on any atom is -0.497 e. The van der Waals surface area contributed by atoms with Gasteiger partial charge in [-0.3, -0.25) is 4.79 Å². The molecule has 112 valence electrons. The van der Waals surface area contributed by atoms with Crippen molar-refractivity contribution in [3.63, 3.8) is 0 Å². The lowest BCUT2D eigenvalue weighted by atomic mass is 10.1. The number of hydrogen-bond acceptors (Lipinski definition) is 3. The minimum absolute atomic E-state index is 0.0641. The van der Waals surface area contributed by atoms with Gasteiger partial charge in [0.2, 0.25) is 0 Å². The number of aromatic carboxylic acids is 1. The van der Waals surface area contributed by atoms with E-state index in [0.29, 0.717) is 23.2 Å². The molecule has 2 aromatic rings. The topological polar surface area (TPSA) is 68.5 Å². The first kappa shape index (κ1) is 15.1. The van der Waals surface area contributed by atoms with Crippen LogP contribution >= 0.6 is 0 Å². The van der Waals surface area contributed by atoms with Crippen LogP contribution in [-0.2, 0) is 6.54 Å². The third kappa shape index (κ3) is 2.63. The number of aryl methyl sites for hydroxylation is 1. The predicted molar refractivity (Wildman–Crippen MR) is 81.4 cm³/mol. The number of pyridine rings is 1. The van der Waals surface area contributed by atoms with Crippen LogP contribution in [0.25, 0.3) is 10.9 Å². The van der Waals surface area contributed by atoms with Crippen molar-refractivity contribution in [3.05, 3.63) is 39.7 Å². The number of carboxylic acids is 1. The Bertz CT molecular complexity index is 746. The number of methoxy groups -OCH3 is 1. The lowest BCUT2D eigenvalue weighted by molar-refractivity contribution is 0.0683. The highest BCUT2D eigenvalue weighted by molar-refractivity contribution is 5.92. The Labute approximate surface area is 122 Å². The summed E-state index contributed by atoms with van der Waals surface area (Å²) in [5.74, 6) is -0.474. The maximum Gasteiger partial charge on any atom is 0.352 e. The van der Waals surface area contributed by atoms with Gasteiger partial charge in [-0.15, -0.1) is 0 Å². The van der Waals surface area contributed by atoms with Crippen LogP contribution in [0.5, 0.6) is 5.75 Å². The molecule has 1 aromatic carbocycles. The summed E-state index contributed by atoms with van der Waals surface area (Å²) in [7, 11) is 1.54. The molecule has 0 fully saturated rings. The Morgan fingerprint density at radius 3 is 2.67 bits per heavy atom. The Kier molecular flexibility index (Phi) is 4.31. The monoisotopic (exact) mass is 289 g/mol. The van der Waals surface area contributed by atoms with Crippen LogP contribution in [0.3, 0.4) is 0 Å². The molecule has 1 heterocycles. The van der Waals surface area contributed by atoms with Crippen LogP contribution in [0.1, 0.15) is 35.8 Å². The van der Waals surface area contributed by atoms with Crippen LogP contribution in [0.4, 0.5) is 0 Å². The van der Waals surface area contributed by atoms with E-state index in [9.17, 15) is 14.7 Å². The first-order chi connectivity index (χ1) is 10.0. The molecule has 0 saturated carbocycles. The second-order valence-corrected chi connectivity index (χ2v) is 5.00. The Morgan fingerprint density at radius 1 is 1.38 bits per heavy atom. The largest absolute Gasteiger partial charge is 0.497 e. The molecule has 0 aliphatic carbocycles. The molecule has 0 unspecified atom stereocenters. The quantitative estimate of drug-likeness (QED) is 0.919. The molecule has 5 heteroatoms. The van der Waals surface area contributed by atoms with E-state index in [1.165, 1.54) is 0 Å². The minimum atomic E-state index is -1.08. The molecule has 0 atom stereocenters. The van der Waals surface area contributed by atoms with E-state index in [2.05, 4.69) is 0 Å². The standard InChI is InChI=1S/C16H19NO4/c1-4-5-8-17-13-9-11(21-3)6-7-12(13)15(18)10(2)14(17)16(19)20/h6-7,9H,4-5,8H2,1-3H3,(H,19,20). The summed E-state index contributed by atoms with van der Waals surface area (Å²) in [6, 6.07) is 5.13. The zero-order chi connectivity index (χ0) is 15.6. The zero-order valence-electron chi connectivity index (χ0n) is 12.5. The van der Waals surface area contributed by atoms with E-state index >= 15 is 0 Å². The van der Waals surface area contributed by atoms with Gasteiger partial charge in [0.05, 0.1) is 12.6 Å². The number of nitrogens with zero attached hydrogens (tertiary/aromatic N) is 1. The van der Waals surface area contributed by atoms with Gasteiger partial charge in [0, 0.05) is 23.6 Å². The highest BCUT2D eigenvalue weighted by Crippen LogP contribution is 2.22. The fourth-order valence-electron chi connectivity index (χ4n) is 2.51. The zero-order valence-corrected chi connectivity index (χ0v) is 12.5. The Morgan fingerprint density at radius 2 is 2.10 bits per heavy atom. The van der Waals surface area contributed by atoms with Crippen molar-refractivity contribution < 1.29 is 14.6 Å². The summed E-state index contributed by atoms with van der Waals surface area (Å²) >= 11 is 0. The Hall–Kier alpha value is -2.30. The molecule has 2 rings (SSSR count). The summed E-state index contributed by atoms with van der Waals surface area (Å²) in [5.41, 5.74) is 0.707. The fourth-order valence-corrected chi connectivity index (χ4v) is 2.51. The van der Waals surface area contributed by atoms with Gasteiger partial charge >= 0.3 is 5.97 Å². The summed E-state index contributed by atoms with van der Waals surface area (Å²) in [4.78, 5) is 23.9. The molecule has 0 aliphatic heterocycles. The first-order valence-electron chi connectivity index (χ1n) is 6.95. The average molecular weight is 289 g/mol. The molecular weight excluding hydrogens is 270 g/mol. The molecule has 0 spiro atoms. The number of carboxylic acid groups (broad SMARTS) is 1. The molecule has 0 amide bonds. The molecule has 1 N–H and O–H groups in total. The number of benzene rings is 1. The average Bonchev–Trinajstić information content (AvgIpc) is 2.48. The maximum atomic E-state index is 12.4.